The number of nitrogens with two attached hydrogens (primary N) is 1. The molecule has 0 bridgehead atoms. The Hall–Kier alpha value is -2.44. The van der Waals surface area contributed by atoms with E-state index in [0.29, 0.717) is 0 Å². The van der Waals surface area contributed by atoms with E-state index in [1.165, 1.54) is 4.88 Å². The molecule has 0 saturated heterocycles. The summed E-state index contributed by atoms with van der Waals surface area (Å²) in [4.78, 5) is 17.1. The van der Waals surface area contributed by atoms with Gasteiger partial charge in [0, 0.05) is 23.4 Å². The van der Waals surface area contributed by atoms with Crippen LogP contribution in [0.5, 0.6) is 0 Å². The molecule has 0 aliphatic carbocycles. The third-order valence-corrected chi connectivity index (χ3v) is 4.78. The molecule has 0 unspecified atom stereocenters. The zero-order valence-corrected chi connectivity index (χ0v) is 14.8. The first-order chi connectivity index (χ1) is 12.2. The number of hydrogen-bond donors (Lipinski definition) is 3. The van der Waals surface area contributed by atoms with Crippen LogP contribution in [0.3, 0.4) is 0 Å². The molecule has 3 rings (SSSR count). The smallest absolute Gasteiger partial charge is 0.221 e. The lowest BCUT2D eigenvalue weighted by Crippen LogP contribution is -2.17. The summed E-state index contributed by atoms with van der Waals surface area (Å²) in [6.45, 7) is 2.74. The molecule has 130 valence electrons. The van der Waals surface area contributed by atoms with Gasteiger partial charge in [-0.1, -0.05) is 18.2 Å². The zero-order valence-electron chi connectivity index (χ0n) is 14.0. The fourth-order valence-electron chi connectivity index (χ4n) is 2.71. The number of amides is 1. The Balaban J connectivity index is 1.49. The van der Waals surface area contributed by atoms with Crippen LogP contribution in [0.1, 0.15) is 16.9 Å². The second-order valence-electron chi connectivity index (χ2n) is 5.86. The fraction of sp³-hybridized carbons (Fsp3) is 0.263. The van der Waals surface area contributed by atoms with Crippen LogP contribution in [0, 0.1) is 0 Å². The van der Waals surface area contributed by atoms with Crippen LogP contribution >= 0.6 is 11.3 Å². The predicted octanol–water partition coefficient (Wildman–Crippen LogP) is 2.92. The summed E-state index contributed by atoms with van der Waals surface area (Å²) in [7, 11) is 0. The van der Waals surface area contributed by atoms with Crippen LogP contribution in [-0.2, 0) is 17.8 Å². The minimum atomic E-state index is -0.329. The van der Waals surface area contributed by atoms with E-state index in [-0.39, 0.29) is 12.3 Å². The van der Waals surface area contributed by atoms with E-state index >= 15 is 0 Å². The summed E-state index contributed by atoms with van der Waals surface area (Å²) in [5, 5.41) is 9.86. The summed E-state index contributed by atoms with van der Waals surface area (Å²) in [5.41, 5.74) is 7.10. The third-order valence-electron chi connectivity index (χ3n) is 3.90. The molecule has 1 aromatic carbocycles. The lowest BCUT2D eigenvalue weighted by Gasteiger charge is -2.09. The van der Waals surface area contributed by atoms with Gasteiger partial charge in [-0.15, -0.1) is 11.3 Å². The maximum atomic E-state index is 11.2. The van der Waals surface area contributed by atoms with Gasteiger partial charge in [0.2, 0.25) is 5.91 Å². The average molecular weight is 354 g/mol. The van der Waals surface area contributed by atoms with Crippen LogP contribution in [0.25, 0.3) is 10.9 Å². The van der Waals surface area contributed by atoms with Crippen molar-refractivity contribution in [3.63, 3.8) is 0 Å². The van der Waals surface area contributed by atoms with Gasteiger partial charge in [0.05, 0.1) is 11.9 Å². The maximum absolute atomic E-state index is 11.2. The highest BCUT2D eigenvalue weighted by Crippen LogP contribution is 2.20. The molecule has 6 heteroatoms. The second-order valence-corrected chi connectivity index (χ2v) is 6.89. The number of fused-ring (bicyclic) bond motifs is 1. The number of hydrogen-bond acceptors (Lipinski definition) is 5. The molecule has 0 aliphatic rings. The molecule has 4 N–H and O–H groups in total. The second kappa shape index (κ2) is 8.60. The van der Waals surface area contributed by atoms with Gasteiger partial charge < -0.3 is 16.4 Å². The van der Waals surface area contributed by atoms with Crippen molar-refractivity contribution < 1.29 is 4.79 Å². The molecule has 2 aromatic heterocycles. The van der Waals surface area contributed by atoms with Crippen molar-refractivity contribution in [3.8, 4) is 0 Å². The lowest BCUT2D eigenvalue weighted by molar-refractivity contribution is -0.117. The summed E-state index contributed by atoms with van der Waals surface area (Å²) in [5.74, 6) is 0.520. The van der Waals surface area contributed by atoms with Gasteiger partial charge in [0.25, 0.3) is 0 Å². The summed E-state index contributed by atoms with van der Waals surface area (Å²) < 4.78 is 0. The van der Waals surface area contributed by atoms with Crippen LogP contribution in [-0.4, -0.2) is 24.0 Å². The van der Waals surface area contributed by atoms with Gasteiger partial charge in [-0.05, 0) is 48.2 Å². The SMILES string of the molecule is NC(=O)Cc1cccc2nc(NCCCNCc3cccs3)ccc12. The van der Waals surface area contributed by atoms with Crippen molar-refractivity contribution in [2.24, 2.45) is 5.73 Å². The molecule has 0 atom stereocenters. The molecule has 3 aromatic rings. The number of nitrogens with zero attached hydrogens (tertiary/aromatic N) is 1. The summed E-state index contributed by atoms with van der Waals surface area (Å²) in [6.07, 6.45) is 1.26. The first-order valence-corrected chi connectivity index (χ1v) is 9.24. The maximum Gasteiger partial charge on any atom is 0.221 e. The number of carbonyl (C=O) groups is 1. The minimum Gasteiger partial charge on any atom is -0.370 e. The highest BCUT2D eigenvalue weighted by Gasteiger charge is 2.05. The Morgan fingerprint density at radius 2 is 2.04 bits per heavy atom. The fourth-order valence-corrected chi connectivity index (χ4v) is 3.39. The van der Waals surface area contributed by atoms with Gasteiger partial charge in [-0.2, -0.15) is 0 Å². The molecule has 0 saturated carbocycles. The molecule has 0 radical (unpaired) electrons. The number of pyridine rings is 1. The van der Waals surface area contributed by atoms with E-state index in [4.69, 9.17) is 5.73 Å². The molecular weight excluding hydrogens is 332 g/mol. The Morgan fingerprint density at radius 1 is 1.12 bits per heavy atom. The molecule has 0 fully saturated rings. The van der Waals surface area contributed by atoms with Gasteiger partial charge >= 0.3 is 0 Å². The van der Waals surface area contributed by atoms with Gasteiger partial charge in [-0.25, -0.2) is 4.98 Å². The lowest BCUT2D eigenvalue weighted by atomic mass is 10.1. The standard InChI is InChI=1S/C19H22N4OS/c20-18(24)12-14-4-1-6-17-16(14)7-8-19(23-17)22-10-3-9-21-13-15-5-2-11-25-15/h1-2,4-8,11,21H,3,9-10,12-13H2,(H2,20,24)(H,22,23). The Labute approximate surface area is 151 Å². The van der Waals surface area contributed by atoms with Gasteiger partial charge in [0.15, 0.2) is 0 Å². The summed E-state index contributed by atoms with van der Waals surface area (Å²) >= 11 is 1.77. The van der Waals surface area contributed by atoms with E-state index in [1.807, 2.05) is 30.3 Å². The highest BCUT2D eigenvalue weighted by atomic mass is 32.1. The van der Waals surface area contributed by atoms with E-state index in [0.717, 1.165) is 48.3 Å². The van der Waals surface area contributed by atoms with Gasteiger partial charge in [0.1, 0.15) is 5.82 Å². The van der Waals surface area contributed by atoms with Crippen molar-refractivity contribution in [2.45, 2.75) is 19.4 Å². The Morgan fingerprint density at radius 3 is 2.84 bits per heavy atom. The van der Waals surface area contributed by atoms with Crippen molar-refractivity contribution in [3.05, 3.63) is 58.3 Å². The molecule has 5 nitrogen and oxygen atoms in total. The largest absolute Gasteiger partial charge is 0.370 e. The first kappa shape index (κ1) is 17.4. The Kier molecular flexibility index (Phi) is 5.98. The number of benzene rings is 1. The van der Waals surface area contributed by atoms with E-state index in [1.54, 1.807) is 11.3 Å². The van der Waals surface area contributed by atoms with Crippen LogP contribution < -0.4 is 16.4 Å². The van der Waals surface area contributed by atoms with Crippen LogP contribution in [0.2, 0.25) is 0 Å². The van der Waals surface area contributed by atoms with Crippen molar-refractivity contribution in [1.29, 1.82) is 0 Å². The number of aromatic nitrogens is 1. The minimum absolute atomic E-state index is 0.238. The monoisotopic (exact) mass is 354 g/mol. The molecule has 0 aliphatic heterocycles. The number of nitrogens with one attached hydrogen (secondary N) is 2. The number of carbonyl (C=O) groups excluding carboxylic acids is 1. The molecule has 25 heavy (non-hydrogen) atoms. The number of primary amides is 1. The number of rotatable bonds is 9. The first-order valence-electron chi connectivity index (χ1n) is 8.36. The summed E-state index contributed by atoms with van der Waals surface area (Å²) in [6, 6.07) is 13.9. The Bertz CT molecular complexity index is 833. The van der Waals surface area contributed by atoms with Crippen molar-refractivity contribution >= 4 is 34.0 Å². The van der Waals surface area contributed by atoms with E-state index in [9.17, 15) is 4.79 Å². The van der Waals surface area contributed by atoms with Crippen LogP contribution in [0.4, 0.5) is 5.82 Å². The zero-order chi connectivity index (χ0) is 17.5. The van der Waals surface area contributed by atoms with Gasteiger partial charge in [-0.3, -0.25) is 4.79 Å². The molecule has 1 amide bonds. The third kappa shape index (κ3) is 5.01. The highest BCUT2D eigenvalue weighted by molar-refractivity contribution is 7.09. The van der Waals surface area contributed by atoms with E-state index in [2.05, 4.69) is 33.1 Å². The number of anilines is 1. The quantitative estimate of drug-likeness (QED) is 0.516. The van der Waals surface area contributed by atoms with Crippen molar-refractivity contribution in [2.75, 3.05) is 18.4 Å². The molecule has 0 spiro atoms. The van der Waals surface area contributed by atoms with E-state index < -0.39 is 0 Å². The predicted molar refractivity (Wildman–Crippen MR) is 104 cm³/mol. The average Bonchev–Trinajstić information content (AvgIpc) is 3.11. The van der Waals surface area contributed by atoms with Crippen LogP contribution in [0.15, 0.2) is 47.8 Å². The normalized spacial score (nSPS) is 10.9. The topological polar surface area (TPSA) is 80.0 Å². The number of thiophene rings is 1. The molecular formula is C19H22N4OS. The molecule has 2 heterocycles. The van der Waals surface area contributed by atoms with Crippen molar-refractivity contribution in [1.82, 2.24) is 10.3 Å².